The van der Waals surface area contributed by atoms with Crippen molar-refractivity contribution in [1.82, 2.24) is 0 Å². The standard InChI is InChI=1S/C13H22O6S/c1-8(6-20-3)11(15)4-10-9(2)19-13(17,18-7-14)5-12(10)16/h7-10,12,16-17H,4-6H2,1-3H3. The van der Waals surface area contributed by atoms with Crippen molar-refractivity contribution >= 4 is 24.0 Å². The molecule has 0 aromatic heterocycles. The number of thioether (sulfide) groups is 1. The van der Waals surface area contributed by atoms with Crippen molar-refractivity contribution in [3.8, 4) is 0 Å². The van der Waals surface area contributed by atoms with Crippen LogP contribution in [0.15, 0.2) is 0 Å². The van der Waals surface area contributed by atoms with Gasteiger partial charge in [0.15, 0.2) is 0 Å². The third-order valence-corrected chi connectivity index (χ3v) is 4.40. The molecule has 7 heteroatoms. The zero-order valence-corrected chi connectivity index (χ0v) is 12.8. The summed E-state index contributed by atoms with van der Waals surface area (Å²) in [5.74, 6) is -1.82. The fourth-order valence-corrected chi connectivity index (χ4v) is 3.07. The Morgan fingerprint density at radius 3 is 2.80 bits per heavy atom. The fraction of sp³-hybridized carbons (Fsp3) is 0.846. The highest BCUT2D eigenvalue weighted by atomic mass is 32.2. The minimum atomic E-state index is -2.11. The summed E-state index contributed by atoms with van der Waals surface area (Å²) in [5.41, 5.74) is 0. The third kappa shape index (κ3) is 4.44. The summed E-state index contributed by atoms with van der Waals surface area (Å²) in [5, 5.41) is 19.9. The molecule has 0 amide bonds. The normalized spacial score (nSPS) is 35.4. The molecule has 0 aromatic rings. The van der Waals surface area contributed by atoms with Crippen LogP contribution in [0.2, 0.25) is 0 Å². The Labute approximate surface area is 122 Å². The van der Waals surface area contributed by atoms with E-state index in [1.807, 2.05) is 13.2 Å². The Morgan fingerprint density at radius 1 is 1.65 bits per heavy atom. The van der Waals surface area contributed by atoms with Crippen LogP contribution in [0.1, 0.15) is 26.7 Å². The van der Waals surface area contributed by atoms with Crippen LogP contribution >= 0.6 is 11.8 Å². The van der Waals surface area contributed by atoms with Gasteiger partial charge >= 0.3 is 5.97 Å². The Kier molecular flexibility index (Phi) is 6.44. The molecule has 1 aliphatic heterocycles. The first-order chi connectivity index (χ1) is 9.33. The van der Waals surface area contributed by atoms with Gasteiger partial charge in [-0.2, -0.15) is 11.8 Å². The number of hydrogen-bond acceptors (Lipinski definition) is 7. The second-order valence-electron chi connectivity index (χ2n) is 5.21. The van der Waals surface area contributed by atoms with Gasteiger partial charge in [-0.1, -0.05) is 6.92 Å². The number of rotatable bonds is 7. The largest absolute Gasteiger partial charge is 0.410 e. The van der Waals surface area contributed by atoms with Gasteiger partial charge in [-0.05, 0) is 13.2 Å². The maximum absolute atomic E-state index is 12.0. The first kappa shape index (κ1) is 17.4. The van der Waals surface area contributed by atoms with Crippen LogP contribution in [-0.2, 0) is 19.1 Å². The molecule has 0 radical (unpaired) electrons. The van der Waals surface area contributed by atoms with Crippen molar-refractivity contribution in [1.29, 1.82) is 0 Å². The SMILES string of the molecule is CSCC(C)C(=O)CC1C(O)CC(O)(OC=O)OC1C. The lowest BCUT2D eigenvalue weighted by molar-refractivity contribution is -0.386. The molecule has 0 spiro atoms. The molecular formula is C13H22O6S. The molecule has 5 unspecified atom stereocenters. The molecule has 1 aliphatic rings. The van der Waals surface area contributed by atoms with Crippen molar-refractivity contribution in [2.45, 2.75) is 44.9 Å². The number of carbonyl (C=O) groups excluding carboxylic acids is 2. The molecule has 0 aromatic carbocycles. The van der Waals surface area contributed by atoms with Gasteiger partial charge < -0.3 is 19.7 Å². The Hall–Kier alpha value is -0.630. The first-order valence-electron chi connectivity index (χ1n) is 6.54. The lowest BCUT2D eigenvalue weighted by Gasteiger charge is -2.41. The summed E-state index contributed by atoms with van der Waals surface area (Å²) in [4.78, 5) is 22.4. The van der Waals surface area contributed by atoms with Crippen LogP contribution < -0.4 is 0 Å². The van der Waals surface area contributed by atoms with E-state index in [-0.39, 0.29) is 31.0 Å². The highest BCUT2D eigenvalue weighted by Gasteiger charge is 2.46. The molecule has 1 rings (SSSR count). The number of ketones is 1. The van der Waals surface area contributed by atoms with Gasteiger partial charge in [0.05, 0.1) is 18.6 Å². The highest BCUT2D eigenvalue weighted by Crippen LogP contribution is 2.34. The predicted molar refractivity (Wildman–Crippen MR) is 73.9 cm³/mol. The topological polar surface area (TPSA) is 93.1 Å². The van der Waals surface area contributed by atoms with Crippen LogP contribution in [-0.4, -0.2) is 52.7 Å². The number of ether oxygens (including phenoxy) is 2. The molecule has 1 heterocycles. The van der Waals surface area contributed by atoms with Crippen LogP contribution in [0.25, 0.3) is 0 Å². The van der Waals surface area contributed by atoms with Crippen molar-refractivity contribution in [2.75, 3.05) is 12.0 Å². The predicted octanol–water partition coefficient (Wildman–Crippen LogP) is 0.550. The lowest BCUT2D eigenvalue weighted by atomic mass is 9.84. The molecule has 1 fully saturated rings. The summed E-state index contributed by atoms with van der Waals surface area (Å²) in [7, 11) is 0. The van der Waals surface area contributed by atoms with E-state index in [1.165, 1.54) is 0 Å². The van der Waals surface area contributed by atoms with Gasteiger partial charge in [0.1, 0.15) is 5.78 Å². The van der Waals surface area contributed by atoms with Gasteiger partial charge in [-0.3, -0.25) is 9.59 Å². The van der Waals surface area contributed by atoms with Crippen molar-refractivity contribution in [3.63, 3.8) is 0 Å². The third-order valence-electron chi connectivity index (χ3n) is 3.57. The summed E-state index contributed by atoms with van der Waals surface area (Å²) in [6.07, 6.45) is 0.303. The van der Waals surface area contributed by atoms with Crippen LogP contribution in [0.4, 0.5) is 0 Å². The zero-order chi connectivity index (χ0) is 15.3. The van der Waals surface area contributed by atoms with E-state index in [0.29, 0.717) is 0 Å². The van der Waals surface area contributed by atoms with Crippen molar-refractivity contribution in [3.05, 3.63) is 0 Å². The zero-order valence-electron chi connectivity index (χ0n) is 11.9. The maximum atomic E-state index is 12.0. The fourth-order valence-electron chi connectivity index (χ4n) is 2.38. The Morgan fingerprint density at radius 2 is 2.30 bits per heavy atom. The van der Waals surface area contributed by atoms with E-state index in [2.05, 4.69) is 4.74 Å². The van der Waals surface area contributed by atoms with E-state index in [4.69, 9.17) is 4.74 Å². The van der Waals surface area contributed by atoms with Crippen LogP contribution in [0, 0.1) is 11.8 Å². The second-order valence-corrected chi connectivity index (χ2v) is 6.12. The number of aliphatic hydroxyl groups is 2. The molecule has 20 heavy (non-hydrogen) atoms. The van der Waals surface area contributed by atoms with Gasteiger partial charge in [0, 0.05) is 24.0 Å². The minimum absolute atomic E-state index is 0.0561. The second kappa shape index (κ2) is 7.40. The average molecular weight is 306 g/mol. The maximum Gasteiger partial charge on any atom is 0.329 e. The molecule has 0 bridgehead atoms. The quantitative estimate of drug-likeness (QED) is 0.524. The van der Waals surface area contributed by atoms with E-state index in [0.717, 1.165) is 5.75 Å². The van der Waals surface area contributed by atoms with Crippen molar-refractivity contribution in [2.24, 2.45) is 11.8 Å². The molecule has 5 atom stereocenters. The summed E-state index contributed by atoms with van der Waals surface area (Å²) in [6, 6.07) is 0. The van der Waals surface area contributed by atoms with Crippen LogP contribution in [0.5, 0.6) is 0 Å². The van der Waals surface area contributed by atoms with Crippen molar-refractivity contribution < 1.29 is 29.3 Å². The van der Waals surface area contributed by atoms with Gasteiger partial charge in [0.25, 0.3) is 6.47 Å². The van der Waals surface area contributed by atoms with Gasteiger partial charge in [-0.15, -0.1) is 0 Å². The number of carbonyl (C=O) groups is 2. The lowest BCUT2D eigenvalue weighted by Crippen LogP contribution is -2.52. The molecule has 2 N–H and O–H groups in total. The first-order valence-corrected chi connectivity index (χ1v) is 7.93. The van der Waals surface area contributed by atoms with Gasteiger partial charge in [-0.25, -0.2) is 0 Å². The summed E-state index contributed by atoms with van der Waals surface area (Å²) in [6.45, 7) is 3.57. The van der Waals surface area contributed by atoms with E-state index in [1.54, 1.807) is 18.7 Å². The molecule has 1 saturated heterocycles. The van der Waals surface area contributed by atoms with E-state index >= 15 is 0 Å². The monoisotopic (exact) mass is 306 g/mol. The van der Waals surface area contributed by atoms with Crippen LogP contribution in [0.3, 0.4) is 0 Å². The number of Topliss-reactive ketones (excluding diaryl/α,β-unsaturated/α-hetero) is 1. The number of aliphatic hydroxyl groups excluding tert-OH is 1. The molecule has 0 aliphatic carbocycles. The van der Waals surface area contributed by atoms with Gasteiger partial charge in [0.2, 0.25) is 0 Å². The highest BCUT2D eigenvalue weighted by molar-refractivity contribution is 7.98. The molecule has 0 saturated carbocycles. The molecular weight excluding hydrogens is 284 g/mol. The Bertz CT molecular complexity index is 336. The van der Waals surface area contributed by atoms with E-state index < -0.39 is 24.1 Å². The molecule has 6 nitrogen and oxygen atoms in total. The van der Waals surface area contributed by atoms with E-state index in [9.17, 15) is 19.8 Å². The minimum Gasteiger partial charge on any atom is -0.410 e. The Balaban J connectivity index is 2.64. The molecule has 116 valence electrons. The smallest absolute Gasteiger partial charge is 0.329 e. The summed E-state index contributed by atoms with van der Waals surface area (Å²) >= 11 is 1.59. The number of hydrogen-bond donors (Lipinski definition) is 2. The average Bonchev–Trinajstić information content (AvgIpc) is 2.33. The summed E-state index contributed by atoms with van der Waals surface area (Å²) < 4.78 is 9.68.